The zero-order chi connectivity index (χ0) is 29.1. The van der Waals surface area contributed by atoms with E-state index >= 15 is 0 Å². The van der Waals surface area contributed by atoms with E-state index in [9.17, 15) is 9.59 Å². The molecule has 2 N–H and O–H groups in total. The number of para-hydroxylation sites is 1. The van der Waals surface area contributed by atoms with E-state index in [0.717, 1.165) is 15.8 Å². The number of benzene rings is 3. The Balaban J connectivity index is 1.55. The van der Waals surface area contributed by atoms with E-state index in [-0.39, 0.29) is 22.4 Å². The van der Waals surface area contributed by atoms with Gasteiger partial charge in [0.1, 0.15) is 5.75 Å². The number of carbonyl (C=O) groups is 1. The SMILES string of the molecule is COc1ccc(-c2[nH]n(-c3nc4ccccc4s3)c(=O)c2C(C)=NNC(=O)c2cc(OC)c(OC)c(OC)c2)cc1. The molecule has 0 aliphatic carbocycles. The summed E-state index contributed by atoms with van der Waals surface area (Å²) in [6.45, 7) is 1.65. The number of rotatable bonds is 9. The van der Waals surface area contributed by atoms with Crippen molar-refractivity contribution in [3.05, 3.63) is 82.1 Å². The summed E-state index contributed by atoms with van der Waals surface area (Å²) in [7, 11) is 5.99. The molecule has 5 rings (SSSR count). The van der Waals surface area contributed by atoms with E-state index in [2.05, 4.69) is 20.6 Å². The van der Waals surface area contributed by atoms with Gasteiger partial charge in [-0.25, -0.2) is 10.4 Å². The lowest BCUT2D eigenvalue weighted by Gasteiger charge is -2.13. The molecule has 12 heteroatoms. The maximum atomic E-state index is 13.8. The zero-order valence-electron chi connectivity index (χ0n) is 23.0. The molecule has 0 saturated heterocycles. The van der Waals surface area contributed by atoms with Gasteiger partial charge in [-0.05, 0) is 55.5 Å². The molecule has 5 aromatic rings. The highest BCUT2D eigenvalue weighted by Gasteiger charge is 2.22. The van der Waals surface area contributed by atoms with Crippen molar-refractivity contribution >= 4 is 33.2 Å². The number of hydrogen-bond acceptors (Lipinski definition) is 9. The topological polar surface area (TPSA) is 129 Å². The fourth-order valence-electron chi connectivity index (χ4n) is 4.30. The summed E-state index contributed by atoms with van der Waals surface area (Å²) in [4.78, 5) is 31.5. The number of aromatic nitrogens is 3. The Labute approximate surface area is 238 Å². The number of H-pyrrole nitrogens is 1. The van der Waals surface area contributed by atoms with E-state index in [1.165, 1.54) is 49.5 Å². The molecule has 11 nitrogen and oxygen atoms in total. The minimum Gasteiger partial charge on any atom is -0.497 e. The molecule has 0 bridgehead atoms. The fraction of sp³-hybridized carbons (Fsp3) is 0.172. The molecule has 0 atom stereocenters. The molecule has 0 aliphatic rings. The van der Waals surface area contributed by atoms with Crippen molar-refractivity contribution in [2.75, 3.05) is 28.4 Å². The van der Waals surface area contributed by atoms with Gasteiger partial charge in [-0.1, -0.05) is 23.5 Å². The summed E-state index contributed by atoms with van der Waals surface area (Å²) in [5.74, 6) is 1.15. The number of amides is 1. The normalized spacial score (nSPS) is 11.4. The van der Waals surface area contributed by atoms with Crippen molar-refractivity contribution in [1.29, 1.82) is 0 Å². The summed E-state index contributed by atoms with van der Waals surface area (Å²) in [6.07, 6.45) is 0. The van der Waals surface area contributed by atoms with Gasteiger partial charge in [-0.3, -0.25) is 14.7 Å². The molecule has 0 aliphatic heterocycles. The molecule has 0 fully saturated rings. The summed E-state index contributed by atoms with van der Waals surface area (Å²) in [5.41, 5.74) is 4.99. The predicted octanol–water partition coefficient (Wildman–Crippen LogP) is 4.63. The monoisotopic (exact) mass is 573 g/mol. The first-order valence-corrected chi connectivity index (χ1v) is 13.2. The predicted molar refractivity (Wildman–Crippen MR) is 157 cm³/mol. The average Bonchev–Trinajstić information content (AvgIpc) is 3.59. The van der Waals surface area contributed by atoms with Gasteiger partial charge < -0.3 is 18.9 Å². The van der Waals surface area contributed by atoms with Crippen LogP contribution in [0.1, 0.15) is 22.8 Å². The summed E-state index contributed by atoms with van der Waals surface area (Å²) < 4.78 is 23.6. The Morgan fingerprint density at radius 3 is 2.24 bits per heavy atom. The maximum Gasteiger partial charge on any atom is 0.283 e. The Kier molecular flexibility index (Phi) is 7.74. The lowest BCUT2D eigenvalue weighted by molar-refractivity contribution is 0.0954. The van der Waals surface area contributed by atoms with Crippen LogP contribution < -0.4 is 29.9 Å². The summed E-state index contributed by atoms with van der Waals surface area (Å²) in [5, 5.41) is 7.96. The molecule has 0 unspecified atom stereocenters. The first kappa shape index (κ1) is 27.5. The second-order valence-electron chi connectivity index (χ2n) is 8.75. The minimum atomic E-state index is -0.531. The number of ether oxygens (including phenoxy) is 4. The molecule has 0 spiro atoms. The highest BCUT2D eigenvalue weighted by atomic mass is 32.1. The quantitative estimate of drug-likeness (QED) is 0.194. The molecule has 210 valence electrons. The third kappa shape index (κ3) is 5.24. The van der Waals surface area contributed by atoms with Crippen LogP contribution >= 0.6 is 11.3 Å². The van der Waals surface area contributed by atoms with Gasteiger partial charge in [0.05, 0.1) is 55.6 Å². The molecule has 2 heterocycles. The zero-order valence-corrected chi connectivity index (χ0v) is 23.8. The Hall–Kier alpha value is -5.10. The van der Waals surface area contributed by atoms with Crippen LogP contribution in [0.25, 0.3) is 26.6 Å². The second kappa shape index (κ2) is 11.6. The molecular formula is C29H27N5O6S. The van der Waals surface area contributed by atoms with Crippen LogP contribution in [0.4, 0.5) is 0 Å². The smallest absolute Gasteiger partial charge is 0.283 e. The molecule has 0 radical (unpaired) electrons. The van der Waals surface area contributed by atoms with E-state index in [1.54, 1.807) is 26.2 Å². The molecule has 2 aromatic heterocycles. The van der Waals surface area contributed by atoms with Crippen LogP contribution in [0.5, 0.6) is 23.0 Å². The van der Waals surface area contributed by atoms with Gasteiger partial charge in [-0.2, -0.15) is 9.78 Å². The minimum absolute atomic E-state index is 0.229. The molecular weight excluding hydrogens is 546 g/mol. The summed E-state index contributed by atoms with van der Waals surface area (Å²) in [6, 6.07) is 17.9. The molecule has 3 aromatic carbocycles. The van der Waals surface area contributed by atoms with Crippen molar-refractivity contribution in [3.8, 4) is 39.4 Å². The number of hydrazone groups is 1. The van der Waals surface area contributed by atoms with Crippen molar-refractivity contribution in [2.24, 2.45) is 5.10 Å². The van der Waals surface area contributed by atoms with Crippen LogP contribution in [0, 0.1) is 0 Å². The Bertz CT molecular complexity index is 1760. The number of fused-ring (bicyclic) bond motifs is 1. The number of aromatic amines is 1. The molecule has 0 saturated carbocycles. The highest BCUT2D eigenvalue weighted by molar-refractivity contribution is 7.20. The van der Waals surface area contributed by atoms with Gasteiger partial charge in [0, 0.05) is 11.1 Å². The van der Waals surface area contributed by atoms with E-state index in [4.69, 9.17) is 18.9 Å². The van der Waals surface area contributed by atoms with Crippen LogP contribution in [-0.2, 0) is 0 Å². The van der Waals surface area contributed by atoms with Gasteiger partial charge >= 0.3 is 0 Å². The van der Waals surface area contributed by atoms with Crippen molar-refractivity contribution in [1.82, 2.24) is 20.2 Å². The van der Waals surface area contributed by atoms with E-state index < -0.39 is 5.91 Å². The first-order valence-electron chi connectivity index (χ1n) is 12.4. The first-order chi connectivity index (χ1) is 19.9. The summed E-state index contributed by atoms with van der Waals surface area (Å²) >= 11 is 1.38. The Morgan fingerprint density at radius 2 is 1.63 bits per heavy atom. The number of hydrogen-bond donors (Lipinski definition) is 2. The van der Waals surface area contributed by atoms with Crippen LogP contribution in [-0.4, -0.2) is 54.8 Å². The largest absolute Gasteiger partial charge is 0.497 e. The number of carbonyl (C=O) groups excluding carboxylic acids is 1. The van der Waals surface area contributed by atoms with Crippen LogP contribution in [0.3, 0.4) is 0 Å². The van der Waals surface area contributed by atoms with E-state index in [0.29, 0.717) is 33.8 Å². The van der Waals surface area contributed by atoms with Crippen molar-refractivity contribution in [2.45, 2.75) is 6.92 Å². The van der Waals surface area contributed by atoms with Gasteiger partial charge in [0.2, 0.25) is 10.9 Å². The Morgan fingerprint density at radius 1 is 0.951 bits per heavy atom. The standard InChI is InChI=1S/C29H27N5O6S/c1-16(31-32-27(35)18-14-21(38-3)26(40-5)22(15-18)39-4)24-25(17-10-12-19(37-2)13-11-17)33-34(28(24)36)29-30-20-8-6-7-9-23(20)41-29/h6-15,33H,1-5H3,(H,32,35). The molecule has 1 amide bonds. The highest BCUT2D eigenvalue weighted by Crippen LogP contribution is 2.38. The van der Waals surface area contributed by atoms with Crippen molar-refractivity contribution < 1.29 is 23.7 Å². The lowest BCUT2D eigenvalue weighted by Crippen LogP contribution is -2.23. The number of nitrogens with zero attached hydrogens (tertiary/aromatic N) is 3. The average molecular weight is 574 g/mol. The van der Waals surface area contributed by atoms with E-state index in [1.807, 2.05) is 36.4 Å². The third-order valence-corrected chi connectivity index (χ3v) is 7.38. The number of methoxy groups -OCH3 is 4. The number of nitrogens with one attached hydrogen (secondary N) is 2. The van der Waals surface area contributed by atoms with Crippen LogP contribution in [0.15, 0.2) is 70.6 Å². The second-order valence-corrected chi connectivity index (χ2v) is 9.76. The fourth-order valence-corrected chi connectivity index (χ4v) is 5.22. The third-order valence-electron chi connectivity index (χ3n) is 6.36. The van der Waals surface area contributed by atoms with Crippen molar-refractivity contribution in [3.63, 3.8) is 0 Å². The van der Waals surface area contributed by atoms with Gasteiger partial charge in [0.25, 0.3) is 11.5 Å². The number of thiazole rings is 1. The lowest BCUT2D eigenvalue weighted by atomic mass is 10.1. The maximum absolute atomic E-state index is 13.8. The van der Waals surface area contributed by atoms with Crippen LogP contribution in [0.2, 0.25) is 0 Å². The van der Waals surface area contributed by atoms with Gasteiger partial charge in [-0.15, -0.1) is 0 Å². The molecule has 41 heavy (non-hydrogen) atoms. The van der Waals surface area contributed by atoms with Gasteiger partial charge in [0.15, 0.2) is 11.5 Å².